The van der Waals surface area contributed by atoms with Crippen LogP contribution in [0.5, 0.6) is 5.88 Å². The minimum absolute atomic E-state index is 0.618. The molecule has 0 amide bonds. The zero-order chi connectivity index (χ0) is 14.5. The van der Waals surface area contributed by atoms with E-state index in [0.29, 0.717) is 5.88 Å². The number of benzene rings is 1. The second-order valence-electron chi connectivity index (χ2n) is 4.60. The van der Waals surface area contributed by atoms with Crippen molar-refractivity contribution in [3.63, 3.8) is 0 Å². The molecule has 0 radical (unpaired) electrons. The fraction of sp³-hybridized carbons (Fsp3) is 0.353. The number of nitrogens with zero attached hydrogens (tertiary/aromatic N) is 1. The first-order chi connectivity index (χ1) is 9.79. The summed E-state index contributed by atoms with van der Waals surface area (Å²) in [6.07, 6.45) is 5.21. The first-order valence-electron chi connectivity index (χ1n) is 7.20. The van der Waals surface area contributed by atoms with E-state index in [4.69, 9.17) is 10.5 Å². The average Bonchev–Trinajstić information content (AvgIpc) is 2.99. The van der Waals surface area contributed by atoms with Gasteiger partial charge in [0.25, 0.3) is 0 Å². The summed E-state index contributed by atoms with van der Waals surface area (Å²) in [7, 11) is 1.62. The third-order valence-electron chi connectivity index (χ3n) is 3.58. The molecule has 1 aromatic heterocycles. The molecule has 2 aromatic rings. The molecular weight excluding hydrogens is 248 g/mol. The highest BCUT2D eigenvalue weighted by Gasteiger charge is 2.16. The van der Waals surface area contributed by atoms with E-state index >= 15 is 0 Å². The Labute approximate surface area is 120 Å². The van der Waals surface area contributed by atoms with E-state index in [9.17, 15) is 0 Å². The molecule has 0 spiro atoms. The number of ether oxygens (including phenoxy) is 1. The maximum absolute atomic E-state index is 6.30. The molecule has 1 aromatic carbocycles. The van der Waals surface area contributed by atoms with Gasteiger partial charge in [0, 0.05) is 23.5 Å². The van der Waals surface area contributed by atoms with Crippen LogP contribution in [0.1, 0.15) is 31.4 Å². The van der Waals surface area contributed by atoms with E-state index in [2.05, 4.69) is 17.1 Å². The quantitative estimate of drug-likeness (QED) is 0.843. The minimum Gasteiger partial charge on any atom is -0.481 e. The lowest BCUT2D eigenvalue weighted by molar-refractivity contribution is 0.398. The van der Waals surface area contributed by atoms with Crippen molar-refractivity contribution < 1.29 is 4.74 Å². The molecule has 1 aliphatic rings. The summed E-state index contributed by atoms with van der Waals surface area (Å²) in [5, 5.41) is 0. The molecular formula is C17H22N2O. The molecule has 3 heteroatoms. The lowest BCUT2D eigenvalue weighted by Gasteiger charge is -2.11. The molecule has 1 aliphatic carbocycles. The first-order valence-corrected chi connectivity index (χ1v) is 7.20. The molecule has 2 N–H and O–H groups in total. The Hall–Kier alpha value is -2.03. The molecule has 3 nitrogen and oxygen atoms in total. The highest BCUT2D eigenvalue weighted by atomic mass is 16.5. The lowest BCUT2D eigenvalue weighted by Crippen LogP contribution is -1.97. The van der Waals surface area contributed by atoms with Crippen LogP contribution in [0.3, 0.4) is 0 Å². The summed E-state index contributed by atoms with van der Waals surface area (Å²) in [5.74, 6) is 0.618. The zero-order valence-corrected chi connectivity index (χ0v) is 12.4. The van der Waals surface area contributed by atoms with E-state index in [1.807, 2.05) is 26.0 Å². The van der Waals surface area contributed by atoms with E-state index in [0.717, 1.165) is 29.7 Å². The fourth-order valence-corrected chi connectivity index (χ4v) is 2.64. The second kappa shape index (κ2) is 6.42. The largest absolute Gasteiger partial charge is 0.481 e. The Morgan fingerprint density at radius 3 is 2.70 bits per heavy atom. The molecule has 0 fully saturated rings. The average molecular weight is 270 g/mol. The van der Waals surface area contributed by atoms with Crippen molar-refractivity contribution in [2.75, 3.05) is 12.8 Å². The number of rotatable bonds is 2. The second-order valence-corrected chi connectivity index (χ2v) is 4.60. The maximum Gasteiger partial charge on any atom is 0.213 e. The number of hydrogen-bond donors (Lipinski definition) is 1. The van der Waals surface area contributed by atoms with Crippen molar-refractivity contribution >= 4 is 5.69 Å². The van der Waals surface area contributed by atoms with Crippen LogP contribution in [-0.2, 0) is 12.8 Å². The molecule has 0 bridgehead atoms. The molecule has 0 saturated carbocycles. The van der Waals surface area contributed by atoms with E-state index < -0.39 is 0 Å². The van der Waals surface area contributed by atoms with Crippen LogP contribution in [0.4, 0.5) is 5.69 Å². The van der Waals surface area contributed by atoms with E-state index in [-0.39, 0.29) is 0 Å². The molecule has 3 rings (SSSR count). The minimum atomic E-state index is 0.618. The van der Waals surface area contributed by atoms with Gasteiger partial charge in [0.15, 0.2) is 0 Å². The van der Waals surface area contributed by atoms with Crippen LogP contribution < -0.4 is 10.5 Å². The summed E-state index contributed by atoms with van der Waals surface area (Å²) in [6.45, 7) is 4.00. The van der Waals surface area contributed by atoms with E-state index in [1.54, 1.807) is 13.3 Å². The molecule has 0 aliphatic heterocycles. The predicted molar refractivity (Wildman–Crippen MR) is 84.0 cm³/mol. The highest BCUT2D eigenvalue weighted by Crippen LogP contribution is 2.35. The highest BCUT2D eigenvalue weighted by molar-refractivity contribution is 5.80. The molecule has 0 unspecified atom stereocenters. The Morgan fingerprint density at radius 1 is 1.15 bits per heavy atom. The number of fused-ring (bicyclic) bond motifs is 1. The van der Waals surface area contributed by atoms with Crippen LogP contribution in [0.2, 0.25) is 0 Å². The summed E-state index contributed by atoms with van der Waals surface area (Å²) >= 11 is 0. The third kappa shape index (κ3) is 2.62. The fourth-order valence-electron chi connectivity index (χ4n) is 2.64. The zero-order valence-electron chi connectivity index (χ0n) is 12.4. The number of hydrogen-bond acceptors (Lipinski definition) is 3. The van der Waals surface area contributed by atoms with Gasteiger partial charge >= 0.3 is 0 Å². The van der Waals surface area contributed by atoms with Crippen LogP contribution in [-0.4, -0.2) is 12.1 Å². The van der Waals surface area contributed by atoms with Crippen molar-refractivity contribution in [3.8, 4) is 17.0 Å². The molecule has 1 heterocycles. The number of aromatic nitrogens is 1. The smallest absolute Gasteiger partial charge is 0.213 e. The Bertz CT molecular complexity index is 594. The normalized spacial score (nSPS) is 12.3. The van der Waals surface area contributed by atoms with Crippen molar-refractivity contribution in [2.24, 2.45) is 0 Å². The predicted octanol–water partition coefficient (Wildman–Crippen LogP) is 3.85. The van der Waals surface area contributed by atoms with E-state index in [1.165, 1.54) is 17.5 Å². The van der Waals surface area contributed by atoms with Gasteiger partial charge in [-0.25, -0.2) is 4.98 Å². The van der Waals surface area contributed by atoms with Gasteiger partial charge in [-0.15, -0.1) is 0 Å². The van der Waals surface area contributed by atoms with Crippen molar-refractivity contribution in [3.05, 3.63) is 41.6 Å². The molecule has 20 heavy (non-hydrogen) atoms. The van der Waals surface area contributed by atoms with Gasteiger partial charge in [0.1, 0.15) is 0 Å². The topological polar surface area (TPSA) is 48.1 Å². The summed E-state index contributed by atoms with van der Waals surface area (Å²) in [6, 6.07) is 8.19. The molecule has 0 saturated heterocycles. The van der Waals surface area contributed by atoms with Gasteiger partial charge in [-0.1, -0.05) is 26.0 Å². The maximum atomic E-state index is 6.30. The van der Waals surface area contributed by atoms with Crippen molar-refractivity contribution in [1.29, 1.82) is 0 Å². The van der Waals surface area contributed by atoms with Crippen LogP contribution >= 0.6 is 0 Å². The number of pyridine rings is 1. The van der Waals surface area contributed by atoms with Gasteiger partial charge in [0.05, 0.1) is 7.11 Å². The number of aryl methyl sites for hydroxylation is 1. The Balaban J connectivity index is 0.000000704. The number of nitrogens with two attached hydrogens (primary N) is 1. The number of nitrogen functional groups attached to an aromatic ring is 1. The Kier molecular flexibility index (Phi) is 4.61. The van der Waals surface area contributed by atoms with Gasteiger partial charge in [-0.05, 0) is 42.0 Å². The summed E-state index contributed by atoms with van der Waals surface area (Å²) in [5.41, 5.74) is 12.1. The van der Waals surface area contributed by atoms with Crippen LogP contribution in [0.25, 0.3) is 11.1 Å². The number of methoxy groups -OCH3 is 1. The standard InChI is InChI=1S/C15H16N2O.C2H6/c1-18-14-9-11(7-8-17-14)13-6-5-10-3-2-4-12(10)15(13)16;1-2/h5-9H,2-4,16H2,1H3;1-2H3. The molecule has 106 valence electrons. The lowest BCUT2D eigenvalue weighted by atomic mass is 9.98. The molecule has 0 atom stereocenters. The van der Waals surface area contributed by atoms with Crippen molar-refractivity contribution in [2.45, 2.75) is 33.1 Å². The SMILES string of the molecule is CC.COc1cc(-c2ccc3c(c2N)CCC3)ccn1. The third-order valence-corrected chi connectivity index (χ3v) is 3.58. The van der Waals surface area contributed by atoms with Crippen molar-refractivity contribution in [1.82, 2.24) is 4.98 Å². The van der Waals surface area contributed by atoms with Gasteiger partial charge in [-0.3, -0.25) is 0 Å². The first kappa shape index (κ1) is 14.4. The summed E-state index contributed by atoms with van der Waals surface area (Å²) < 4.78 is 5.16. The van der Waals surface area contributed by atoms with Gasteiger partial charge in [0.2, 0.25) is 5.88 Å². The van der Waals surface area contributed by atoms with Gasteiger partial charge in [-0.2, -0.15) is 0 Å². The monoisotopic (exact) mass is 270 g/mol. The number of anilines is 1. The summed E-state index contributed by atoms with van der Waals surface area (Å²) in [4.78, 5) is 4.12. The van der Waals surface area contributed by atoms with Crippen LogP contribution in [0.15, 0.2) is 30.5 Å². The Morgan fingerprint density at radius 2 is 1.95 bits per heavy atom. The van der Waals surface area contributed by atoms with Gasteiger partial charge < -0.3 is 10.5 Å². The van der Waals surface area contributed by atoms with Crippen LogP contribution in [0, 0.1) is 0 Å².